The molecule has 0 spiro atoms. The second-order valence-electron chi connectivity index (χ2n) is 5.90. The lowest BCUT2D eigenvalue weighted by Crippen LogP contribution is -2.15. The minimum atomic E-state index is 0.174. The molecule has 2 nitrogen and oxygen atoms in total. The Balaban J connectivity index is 2.58. The van der Waals surface area contributed by atoms with Gasteiger partial charge >= 0.3 is 0 Å². The number of rotatable bonds is 8. The third-order valence-corrected chi connectivity index (χ3v) is 3.93. The van der Waals surface area contributed by atoms with E-state index in [1.807, 2.05) is 6.07 Å². The summed E-state index contributed by atoms with van der Waals surface area (Å²) in [6.07, 6.45) is 5.97. The lowest BCUT2D eigenvalue weighted by Gasteiger charge is -2.24. The molecule has 0 amide bonds. The average Bonchev–Trinajstić information content (AvgIpc) is 2.40. The predicted octanol–water partition coefficient (Wildman–Crippen LogP) is 4.92. The molecule has 2 N–H and O–H groups in total. The van der Waals surface area contributed by atoms with Crippen molar-refractivity contribution in [1.82, 2.24) is 0 Å². The SMILES string of the molecule is CCCCCCOc1ccc(C(C)(C)CC)cc1N. The molecule has 0 saturated heterocycles. The number of nitrogens with two attached hydrogens (primary N) is 1. The summed E-state index contributed by atoms with van der Waals surface area (Å²) in [7, 11) is 0. The Bertz CT molecular complexity index is 385. The van der Waals surface area contributed by atoms with E-state index in [1.165, 1.54) is 24.8 Å². The molecule has 0 unspecified atom stereocenters. The zero-order valence-corrected chi connectivity index (χ0v) is 13.0. The fourth-order valence-corrected chi connectivity index (χ4v) is 2.02. The molecule has 1 rings (SSSR count). The topological polar surface area (TPSA) is 35.2 Å². The summed E-state index contributed by atoms with van der Waals surface area (Å²) in [6.45, 7) is 9.67. The van der Waals surface area contributed by atoms with E-state index in [-0.39, 0.29) is 5.41 Å². The van der Waals surface area contributed by atoms with Crippen molar-refractivity contribution >= 4 is 5.69 Å². The lowest BCUT2D eigenvalue weighted by molar-refractivity contribution is 0.306. The Hall–Kier alpha value is -1.18. The standard InChI is InChI=1S/C17H29NO/c1-5-7-8-9-12-19-16-11-10-14(13-15(16)18)17(3,4)6-2/h10-11,13H,5-9,12,18H2,1-4H3. The zero-order chi connectivity index (χ0) is 14.3. The Morgan fingerprint density at radius 2 is 1.84 bits per heavy atom. The van der Waals surface area contributed by atoms with Crippen molar-refractivity contribution in [2.45, 2.75) is 65.2 Å². The maximum atomic E-state index is 6.09. The number of hydrogen-bond donors (Lipinski definition) is 1. The third kappa shape index (κ3) is 4.77. The second-order valence-corrected chi connectivity index (χ2v) is 5.90. The summed E-state index contributed by atoms with van der Waals surface area (Å²) in [5.74, 6) is 0.826. The van der Waals surface area contributed by atoms with Gasteiger partial charge in [0, 0.05) is 0 Å². The van der Waals surface area contributed by atoms with E-state index in [9.17, 15) is 0 Å². The fourth-order valence-electron chi connectivity index (χ4n) is 2.02. The van der Waals surface area contributed by atoms with E-state index in [2.05, 4.69) is 39.8 Å². The van der Waals surface area contributed by atoms with Crippen molar-refractivity contribution in [2.24, 2.45) is 0 Å². The first-order valence-corrected chi connectivity index (χ1v) is 7.54. The van der Waals surface area contributed by atoms with Crippen LogP contribution in [-0.2, 0) is 5.41 Å². The fraction of sp³-hybridized carbons (Fsp3) is 0.647. The van der Waals surface area contributed by atoms with Crippen LogP contribution in [0.4, 0.5) is 5.69 Å². The number of benzene rings is 1. The molecule has 2 heteroatoms. The van der Waals surface area contributed by atoms with Crippen molar-refractivity contribution in [3.05, 3.63) is 23.8 Å². The minimum Gasteiger partial charge on any atom is -0.491 e. The van der Waals surface area contributed by atoms with Gasteiger partial charge in [-0.3, -0.25) is 0 Å². The van der Waals surface area contributed by atoms with Crippen LogP contribution in [-0.4, -0.2) is 6.61 Å². The first-order chi connectivity index (χ1) is 9.01. The summed E-state index contributed by atoms with van der Waals surface area (Å²) < 4.78 is 5.76. The maximum absolute atomic E-state index is 6.09. The number of ether oxygens (including phenoxy) is 1. The summed E-state index contributed by atoms with van der Waals surface area (Å²) in [6, 6.07) is 6.22. The molecule has 1 aromatic carbocycles. The first kappa shape index (κ1) is 15.9. The van der Waals surface area contributed by atoms with Crippen molar-refractivity contribution in [1.29, 1.82) is 0 Å². The van der Waals surface area contributed by atoms with Crippen molar-refractivity contribution < 1.29 is 4.74 Å². The van der Waals surface area contributed by atoms with Crippen LogP contribution < -0.4 is 10.5 Å². The number of anilines is 1. The highest BCUT2D eigenvalue weighted by Crippen LogP contribution is 2.32. The van der Waals surface area contributed by atoms with Gasteiger partial charge in [0.25, 0.3) is 0 Å². The molecule has 0 aromatic heterocycles. The van der Waals surface area contributed by atoms with Gasteiger partial charge < -0.3 is 10.5 Å². The van der Waals surface area contributed by atoms with Gasteiger partial charge in [-0.2, -0.15) is 0 Å². The molecule has 0 atom stereocenters. The minimum absolute atomic E-state index is 0.174. The zero-order valence-electron chi connectivity index (χ0n) is 13.0. The van der Waals surface area contributed by atoms with Crippen molar-refractivity contribution in [2.75, 3.05) is 12.3 Å². The largest absolute Gasteiger partial charge is 0.491 e. The van der Waals surface area contributed by atoms with E-state index >= 15 is 0 Å². The molecular formula is C17H29NO. The summed E-state index contributed by atoms with van der Waals surface area (Å²) in [4.78, 5) is 0. The maximum Gasteiger partial charge on any atom is 0.142 e. The van der Waals surface area contributed by atoms with Gasteiger partial charge in [0.15, 0.2) is 0 Å². The van der Waals surface area contributed by atoms with Gasteiger partial charge in [-0.05, 0) is 36.0 Å². The van der Waals surface area contributed by atoms with Crippen molar-refractivity contribution in [3.8, 4) is 5.75 Å². The van der Waals surface area contributed by atoms with Crippen LogP contribution in [0.25, 0.3) is 0 Å². The van der Waals surface area contributed by atoms with Crippen LogP contribution >= 0.6 is 0 Å². The lowest BCUT2D eigenvalue weighted by atomic mass is 9.82. The van der Waals surface area contributed by atoms with E-state index in [0.717, 1.165) is 30.9 Å². The van der Waals surface area contributed by atoms with Crippen molar-refractivity contribution in [3.63, 3.8) is 0 Å². The summed E-state index contributed by atoms with van der Waals surface area (Å²) >= 11 is 0. The van der Waals surface area contributed by atoms with Gasteiger partial charge in [-0.15, -0.1) is 0 Å². The van der Waals surface area contributed by atoms with E-state index in [4.69, 9.17) is 10.5 Å². The normalized spacial score (nSPS) is 11.6. The van der Waals surface area contributed by atoms with Crippen LogP contribution in [0.5, 0.6) is 5.75 Å². The van der Waals surface area contributed by atoms with Gasteiger partial charge in [-0.1, -0.05) is 53.0 Å². The Kier molecular flexibility index (Phi) is 6.20. The van der Waals surface area contributed by atoms with Gasteiger partial charge in [-0.25, -0.2) is 0 Å². The van der Waals surface area contributed by atoms with E-state index in [0.29, 0.717) is 0 Å². The second kappa shape index (κ2) is 7.42. The molecule has 0 radical (unpaired) electrons. The van der Waals surface area contributed by atoms with Gasteiger partial charge in [0.1, 0.15) is 5.75 Å². The van der Waals surface area contributed by atoms with Gasteiger partial charge in [0.2, 0.25) is 0 Å². The molecule has 0 aliphatic rings. The third-order valence-electron chi connectivity index (χ3n) is 3.93. The van der Waals surface area contributed by atoms with Crippen LogP contribution in [0, 0.1) is 0 Å². The first-order valence-electron chi connectivity index (χ1n) is 7.54. The molecule has 0 heterocycles. The molecule has 0 aliphatic heterocycles. The van der Waals surface area contributed by atoms with Crippen LogP contribution in [0.3, 0.4) is 0 Å². The smallest absolute Gasteiger partial charge is 0.142 e. The quantitative estimate of drug-likeness (QED) is 0.534. The van der Waals surface area contributed by atoms with Crippen LogP contribution in [0.15, 0.2) is 18.2 Å². The average molecular weight is 263 g/mol. The van der Waals surface area contributed by atoms with Gasteiger partial charge in [0.05, 0.1) is 12.3 Å². The molecule has 1 aromatic rings. The monoisotopic (exact) mass is 263 g/mol. The summed E-state index contributed by atoms with van der Waals surface area (Å²) in [5.41, 5.74) is 8.31. The van der Waals surface area contributed by atoms with Crippen LogP contribution in [0.1, 0.15) is 65.4 Å². The highest BCUT2D eigenvalue weighted by molar-refractivity contribution is 5.55. The molecule has 0 aliphatic carbocycles. The molecule has 0 bridgehead atoms. The molecule has 19 heavy (non-hydrogen) atoms. The Labute approximate surface area is 118 Å². The Morgan fingerprint density at radius 1 is 1.11 bits per heavy atom. The Morgan fingerprint density at radius 3 is 2.42 bits per heavy atom. The highest BCUT2D eigenvalue weighted by atomic mass is 16.5. The molecule has 108 valence electrons. The number of nitrogen functional groups attached to an aromatic ring is 1. The molecule has 0 fully saturated rings. The molecular weight excluding hydrogens is 234 g/mol. The van der Waals surface area contributed by atoms with E-state index < -0.39 is 0 Å². The number of unbranched alkanes of at least 4 members (excludes halogenated alkanes) is 3. The predicted molar refractivity (Wildman–Crippen MR) is 83.8 cm³/mol. The highest BCUT2D eigenvalue weighted by Gasteiger charge is 2.18. The summed E-state index contributed by atoms with van der Waals surface area (Å²) in [5, 5.41) is 0. The van der Waals surface area contributed by atoms with Crippen LogP contribution in [0.2, 0.25) is 0 Å². The van der Waals surface area contributed by atoms with E-state index in [1.54, 1.807) is 0 Å². The number of hydrogen-bond acceptors (Lipinski definition) is 2. The molecule has 0 saturated carbocycles.